The van der Waals surface area contributed by atoms with Gasteiger partial charge in [-0.2, -0.15) is 0 Å². The van der Waals surface area contributed by atoms with Gasteiger partial charge in [-0.3, -0.25) is 4.79 Å². The van der Waals surface area contributed by atoms with Gasteiger partial charge in [0.25, 0.3) is 5.91 Å². The highest BCUT2D eigenvalue weighted by molar-refractivity contribution is 5.89. The molecule has 1 amide bonds. The van der Waals surface area contributed by atoms with Crippen molar-refractivity contribution in [2.75, 3.05) is 13.2 Å². The van der Waals surface area contributed by atoms with E-state index in [0.717, 1.165) is 11.6 Å². The summed E-state index contributed by atoms with van der Waals surface area (Å²) < 4.78 is 23.1. The van der Waals surface area contributed by atoms with Crippen molar-refractivity contribution in [3.63, 3.8) is 0 Å². The van der Waals surface area contributed by atoms with Gasteiger partial charge in [0.15, 0.2) is 12.2 Å². The van der Waals surface area contributed by atoms with Gasteiger partial charge in [0, 0.05) is 18.7 Å². The second kappa shape index (κ2) is 8.75. The molecule has 2 aromatic carbocycles. The summed E-state index contributed by atoms with van der Waals surface area (Å²) in [4.78, 5) is 27.5. The van der Waals surface area contributed by atoms with Crippen LogP contribution in [0.5, 0.6) is 0 Å². The Morgan fingerprint density at radius 3 is 2.70 bits per heavy atom. The third-order valence-corrected chi connectivity index (χ3v) is 3.67. The summed E-state index contributed by atoms with van der Waals surface area (Å²) in [6, 6.07) is 13.3. The average Bonchev–Trinajstić information content (AvgIpc) is 3.09. The predicted molar refractivity (Wildman–Crippen MR) is 97.1 cm³/mol. The Labute approximate surface area is 154 Å². The minimum absolute atomic E-state index is 0.275. The number of nitrogens with one attached hydrogen (secondary N) is 1. The van der Waals surface area contributed by atoms with Crippen LogP contribution in [-0.2, 0) is 20.7 Å². The van der Waals surface area contributed by atoms with Crippen LogP contribution in [0, 0.1) is 5.82 Å². The number of carbonyl (C=O) groups is 2. The lowest BCUT2D eigenvalue weighted by molar-refractivity contribution is -0.143. The van der Waals surface area contributed by atoms with Crippen molar-refractivity contribution in [3.8, 4) is 0 Å². The van der Waals surface area contributed by atoms with Gasteiger partial charge in [-0.15, -0.1) is 0 Å². The zero-order valence-electron chi connectivity index (χ0n) is 14.4. The molecule has 0 fully saturated rings. The highest BCUT2D eigenvalue weighted by Crippen LogP contribution is 2.15. The quantitative estimate of drug-likeness (QED) is 0.512. The van der Waals surface area contributed by atoms with Crippen LogP contribution in [0.1, 0.15) is 11.5 Å². The number of halogens is 1. The first-order chi connectivity index (χ1) is 13.1. The standard InChI is InChI=1S/C20H17FN2O4/c21-15-7-5-14(6-8-15)11-12-22-18(24)13-26-20(25)10-9-19-23-16-3-1-2-4-17(16)27-19/h1-10H,11-13H2,(H,22,24)/b10-9+. The average molecular weight is 368 g/mol. The van der Waals surface area contributed by atoms with Gasteiger partial charge in [-0.05, 0) is 36.2 Å². The maximum atomic E-state index is 12.8. The van der Waals surface area contributed by atoms with E-state index < -0.39 is 11.9 Å². The molecule has 0 aliphatic carbocycles. The molecular weight excluding hydrogens is 351 g/mol. The Hall–Kier alpha value is -3.48. The molecule has 0 aliphatic rings. The van der Waals surface area contributed by atoms with Gasteiger partial charge in [-0.1, -0.05) is 24.3 Å². The number of hydrogen-bond donors (Lipinski definition) is 1. The van der Waals surface area contributed by atoms with Gasteiger partial charge < -0.3 is 14.5 Å². The molecule has 1 heterocycles. The van der Waals surface area contributed by atoms with Crippen LogP contribution >= 0.6 is 0 Å². The van der Waals surface area contributed by atoms with Crippen molar-refractivity contribution in [3.05, 3.63) is 71.9 Å². The van der Waals surface area contributed by atoms with Crippen LogP contribution in [0.15, 0.2) is 59.0 Å². The van der Waals surface area contributed by atoms with E-state index in [1.165, 1.54) is 18.2 Å². The Morgan fingerprint density at radius 2 is 1.93 bits per heavy atom. The van der Waals surface area contributed by atoms with Gasteiger partial charge >= 0.3 is 5.97 Å². The summed E-state index contributed by atoms with van der Waals surface area (Å²) >= 11 is 0. The molecule has 3 rings (SSSR count). The van der Waals surface area contributed by atoms with Crippen LogP contribution in [-0.4, -0.2) is 30.0 Å². The molecule has 27 heavy (non-hydrogen) atoms. The normalized spacial score (nSPS) is 11.0. The zero-order chi connectivity index (χ0) is 19.1. The first-order valence-corrected chi connectivity index (χ1v) is 8.32. The van der Waals surface area contributed by atoms with Crippen molar-refractivity contribution < 1.29 is 23.1 Å². The van der Waals surface area contributed by atoms with Gasteiger partial charge in [-0.25, -0.2) is 14.2 Å². The Morgan fingerprint density at radius 1 is 1.15 bits per heavy atom. The summed E-state index contributed by atoms with van der Waals surface area (Å²) in [6.45, 7) is -0.0269. The van der Waals surface area contributed by atoms with Crippen molar-refractivity contribution in [1.29, 1.82) is 0 Å². The topological polar surface area (TPSA) is 81.4 Å². The van der Waals surface area contributed by atoms with E-state index in [0.29, 0.717) is 24.1 Å². The van der Waals surface area contributed by atoms with Crippen molar-refractivity contribution in [2.24, 2.45) is 0 Å². The molecule has 0 spiro atoms. The molecule has 0 bridgehead atoms. The second-order valence-corrected chi connectivity index (χ2v) is 5.69. The SMILES string of the molecule is O=C(COC(=O)/C=C/c1nc2ccccc2o1)NCCc1ccc(F)cc1. The van der Waals surface area contributed by atoms with Crippen LogP contribution in [0.4, 0.5) is 4.39 Å². The first-order valence-electron chi connectivity index (χ1n) is 8.32. The monoisotopic (exact) mass is 368 g/mol. The number of para-hydroxylation sites is 2. The van der Waals surface area contributed by atoms with Crippen LogP contribution in [0.3, 0.4) is 0 Å². The molecule has 1 aromatic heterocycles. The van der Waals surface area contributed by atoms with E-state index in [9.17, 15) is 14.0 Å². The number of carbonyl (C=O) groups excluding carboxylic acids is 2. The van der Waals surface area contributed by atoms with Crippen molar-refractivity contribution in [2.45, 2.75) is 6.42 Å². The molecule has 0 aliphatic heterocycles. The highest BCUT2D eigenvalue weighted by atomic mass is 19.1. The van der Waals surface area contributed by atoms with Crippen molar-refractivity contribution in [1.82, 2.24) is 10.3 Å². The smallest absolute Gasteiger partial charge is 0.331 e. The van der Waals surface area contributed by atoms with E-state index in [1.807, 2.05) is 12.1 Å². The summed E-state index contributed by atoms with van der Waals surface area (Å²) in [6.07, 6.45) is 3.09. The number of nitrogens with zero attached hydrogens (tertiary/aromatic N) is 1. The highest BCUT2D eigenvalue weighted by Gasteiger charge is 2.06. The van der Waals surface area contributed by atoms with Gasteiger partial charge in [0.1, 0.15) is 11.3 Å². The van der Waals surface area contributed by atoms with E-state index in [4.69, 9.17) is 9.15 Å². The molecular formula is C20H17FN2O4. The lowest BCUT2D eigenvalue weighted by atomic mass is 10.1. The summed E-state index contributed by atoms with van der Waals surface area (Å²) in [7, 11) is 0. The molecule has 1 N–H and O–H groups in total. The lowest BCUT2D eigenvalue weighted by Crippen LogP contribution is -2.30. The lowest BCUT2D eigenvalue weighted by Gasteiger charge is -2.05. The molecule has 6 nitrogen and oxygen atoms in total. The molecule has 0 radical (unpaired) electrons. The van der Waals surface area contributed by atoms with E-state index >= 15 is 0 Å². The predicted octanol–water partition coefficient (Wildman–Crippen LogP) is 2.88. The van der Waals surface area contributed by atoms with Crippen LogP contribution < -0.4 is 5.32 Å². The van der Waals surface area contributed by atoms with Gasteiger partial charge in [0.2, 0.25) is 5.89 Å². The summed E-state index contributed by atoms with van der Waals surface area (Å²) in [5.41, 5.74) is 2.20. The zero-order valence-corrected chi connectivity index (χ0v) is 14.4. The van der Waals surface area contributed by atoms with Crippen LogP contribution in [0.25, 0.3) is 17.2 Å². The fourth-order valence-electron chi connectivity index (χ4n) is 2.33. The van der Waals surface area contributed by atoms with Gasteiger partial charge in [0.05, 0.1) is 0 Å². The fraction of sp³-hybridized carbons (Fsp3) is 0.150. The molecule has 0 atom stereocenters. The number of aromatic nitrogens is 1. The number of ether oxygens (including phenoxy) is 1. The third-order valence-electron chi connectivity index (χ3n) is 3.67. The number of amides is 1. The second-order valence-electron chi connectivity index (χ2n) is 5.69. The minimum atomic E-state index is -0.675. The number of rotatable bonds is 7. The number of fused-ring (bicyclic) bond motifs is 1. The maximum Gasteiger partial charge on any atom is 0.331 e. The van der Waals surface area contributed by atoms with Crippen molar-refractivity contribution >= 4 is 29.1 Å². The van der Waals surface area contributed by atoms with E-state index in [2.05, 4.69) is 10.3 Å². The molecule has 0 unspecified atom stereocenters. The minimum Gasteiger partial charge on any atom is -0.452 e. The summed E-state index contributed by atoms with van der Waals surface area (Å²) in [5, 5.41) is 2.63. The molecule has 3 aromatic rings. The Bertz CT molecular complexity index is 931. The Kier molecular flexibility index (Phi) is 5.94. The fourth-order valence-corrected chi connectivity index (χ4v) is 2.33. The van der Waals surface area contributed by atoms with Crippen LogP contribution in [0.2, 0.25) is 0 Å². The third kappa shape index (κ3) is 5.50. The summed E-state index contributed by atoms with van der Waals surface area (Å²) in [5.74, 6) is -1.12. The Balaban J connectivity index is 1.39. The number of oxazole rings is 1. The number of benzene rings is 2. The number of esters is 1. The first kappa shape index (κ1) is 18.3. The largest absolute Gasteiger partial charge is 0.452 e. The molecule has 0 saturated carbocycles. The maximum absolute atomic E-state index is 12.8. The van der Waals surface area contributed by atoms with E-state index in [1.54, 1.807) is 24.3 Å². The number of hydrogen-bond acceptors (Lipinski definition) is 5. The van der Waals surface area contributed by atoms with E-state index in [-0.39, 0.29) is 18.3 Å². The molecule has 7 heteroatoms. The molecule has 0 saturated heterocycles. The molecule has 138 valence electrons.